The Balaban J connectivity index is 1.72. The molecule has 0 unspecified atom stereocenters. The van der Waals surface area contributed by atoms with Crippen molar-refractivity contribution in [1.29, 1.82) is 0 Å². The van der Waals surface area contributed by atoms with Gasteiger partial charge in [0.2, 0.25) is 5.91 Å². The maximum atomic E-state index is 13.3. The van der Waals surface area contributed by atoms with E-state index < -0.39 is 6.04 Å². The van der Waals surface area contributed by atoms with Gasteiger partial charge in [-0.2, -0.15) is 0 Å². The summed E-state index contributed by atoms with van der Waals surface area (Å²) in [6.07, 6.45) is 0. The topological polar surface area (TPSA) is 61.8 Å². The van der Waals surface area contributed by atoms with Crippen LogP contribution in [0.5, 0.6) is 0 Å². The average molecular weight is 446 g/mol. The van der Waals surface area contributed by atoms with E-state index in [-0.39, 0.29) is 18.4 Å². The second-order valence-electron chi connectivity index (χ2n) is 7.90. The lowest BCUT2D eigenvalue weighted by Crippen LogP contribution is -2.42. The molecule has 0 saturated heterocycles. The fourth-order valence-corrected chi connectivity index (χ4v) is 3.98. The Morgan fingerprint density at radius 3 is 2.56 bits per heavy atom. The smallest absolute Gasteiger partial charge is 0.252 e. The number of nitrogens with zero attached hydrogens (tertiary/aromatic N) is 2. The van der Waals surface area contributed by atoms with Crippen LogP contribution in [0.2, 0.25) is 5.02 Å². The number of aliphatic imine (C=N–C) groups is 1. The van der Waals surface area contributed by atoms with Crippen molar-refractivity contribution in [2.75, 3.05) is 16.8 Å². The maximum absolute atomic E-state index is 13.3. The van der Waals surface area contributed by atoms with Gasteiger partial charge in [0.15, 0.2) is 0 Å². The molecule has 5 nitrogen and oxygen atoms in total. The number of anilines is 2. The first kappa shape index (κ1) is 21.8. The van der Waals surface area contributed by atoms with E-state index in [1.165, 1.54) is 4.90 Å². The summed E-state index contributed by atoms with van der Waals surface area (Å²) in [4.78, 5) is 32.5. The summed E-state index contributed by atoms with van der Waals surface area (Å²) in [5.74, 6) is -0.515. The molecule has 1 heterocycles. The molecule has 0 aliphatic carbocycles. The highest BCUT2D eigenvalue weighted by Crippen LogP contribution is 2.31. The monoisotopic (exact) mass is 445 g/mol. The molecule has 0 saturated carbocycles. The number of aryl methyl sites for hydroxylation is 1. The Morgan fingerprint density at radius 1 is 1.06 bits per heavy atom. The first-order valence-corrected chi connectivity index (χ1v) is 10.8. The van der Waals surface area contributed by atoms with Crippen LogP contribution in [0.1, 0.15) is 29.2 Å². The highest BCUT2D eigenvalue weighted by molar-refractivity contribution is 6.32. The number of carbonyl (C=O) groups is 2. The summed E-state index contributed by atoms with van der Waals surface area (Å²) >= 11 is 6.31. The van der Waals surface area contributed by atoms with Gasteiger partial charge in [0.25, 0.3) is 5.91 Å². The van der Waals surface area contributed by atoms with Crippen LogP contribution in [0.4, 0.5) is 11.4 Å². The fourth-order valence-electron chi connectivity index (χ4n) is 3.80. The summed E-state index contributed by atoms with van der Waals surface area (Å²) in [7, 11) is 0. The number of rotatable bonds is 4. The molecule has 3 aromatic carbocycles. The van der Waals surface area contributed by atoms with E-state index in [4.69, 9.17) is 16.6 Å². The molecule has 0 spiro atoms. The van der Waals surface area contributed by atoms with Gasteiger partial charge in [-0.05, 0) is 56.2 Å². The minimum atomic E-state index is -0.648. The number of nitrogens with one attached hydrogen (secondary N) is 1. The SMILES string of the molecule is Cc1cccc(NC(=O)CN2C(=O)[C@@H](C)N=C(c3ccccc3)c3cc(Cl)ccc32)c1C. The molecule has 0 fully saturated rings. The third kappa shape index (κ3) is 4.30. The number of benzodiazepines with no additional fused rings is 1. The number of amides is 2. The molecule has 0 bridgehead atoms. The summed E-state index contributed by atoms with van der Waals surface area (Å²) in [5.41, 5.74) is 5.73. The van der Waals surface area contributed by atoms with Gasteiger partial charge in [-0.15, -0.1) is 0 Å². The van der Waals surface area contributed by atoms with Crippen molar-refractivity contribution in [2.24, 2.45) is 4.99 Å². The van der Waals surface area contributed by atoms with Crippen molar-refractivity contribution < 1.29 is 9.59 Å². The minimum Gasteiger partial charge on any atom is -0.324 e. The van der Waals surface area contributed by atoms with Crippen LogP contribution in [-0.4, -0.2) is 30.1 Å². The van der Waals surface area contributed by atoms with Gasteiger partial charge in [-0.3, -0.25) is 14.6 Å². The van der Waals surface area contributed by atoms with Crippen LogP contribution >= 0.6 is 11.6 Å². The lowest BCUT2D eigenvalue weighted by molar-refractivity contribution is -0.122. The largest absolute Gasteiger partial charge is 0.324 e. The van der Waals surface area contributed by atoms with Gasteiger partial charge < -0.3 is 10.2 Å². The van der Waals surface area contributed by atoms with Crippen molar-refractivity contribution in [3.05, 3.63) is 94.0 Å². The molecule has 4 rings (SSSR count). The van der Waals surface area contributed by atoms with Crippen LogP contribution in [0.25, 0.3) is 0 Å². The molecular formula is C26H24ClN3O2. The van der Waals surface area contributed by atoms with Crippen LogP contribution in [-0.2, 0) is 9.59 Å². The Kier molecular flexibility index (Phi) is 6.10. The molecule has 1 atom stereocenters. The van der Waals surface area contributed by atoms with Crippen molar-refractivity contribution in [3.63, 3.8) is 0 Å². The zero-order valence-corrected chi connectivity index (χ0v) is 19.0. The second kappa shape index (κ2) is 8.97. The number of hydrogen-bond acceptors (Lipinski definition) is 3. The normalized spacial score (nSPS) is 15.6. The average Bonchev–Trinajstić information content (AvgIpc) is 2.88. The lowest BCUT2D eigenvalue weighted by atomic mass is 10.00. The molecule has 1 N–H and O–H groups in total. The van der Waals surface area contributed by atoms with Gasteiger partial charge in [0.1, 0.15) is 12.6 Å². The standard InChI is InChI=1S/C26H24ClN3O2/c1-16-8-7-11-22(17(16)2)29-24(31)15-30-23-13-12-20(27)14-21(23)25(28-18(3)26(30)32)19-9-5-4-6-10-19/h4-14,18H,15H2,1-3H3,(H,29,31)/t18-/m1/s1. The number of halogens is 1. The summed E-state index contributed by atoms with van der Waals surface area (Å²) in [5, 5.41) is 3.48. The van der Waals surface area contributed by atoms with Crippen molar-refractivity contribution in [1.82, 2.24) is 0 Å². The Morgan fingerprint density at radius 2 is 1.81 bits per heavy atom. The second-order valence-corrected chi connectivity index (χ2v) is 8.34. The third-order valence-electron chi connectivity index (χ3n) is 5.68. The van der Waals surface area contributed by atoms with Crippen LogP contribution in [0.3, 0.4) is 0 Å². The van der Waals surface area contributed by atoms with E-state index in [1.807, 2.05) is 62.4 Å². The van der Waals surface area contributed by atoms with Gasteiger partial charge in [-0.1, -0.05) is 54.1 Å². The Hall–Kier alpha value is -3.44. The van der Waals surface area contributed by atoms with E-state index in [9.17, 15) is 9.59 Å². The first-order valence-electron chi connectivity index (χ1n) is 10.5. The Labute approximate surface area is 192 Å². The van der Waals surface area contributed by atoms with E-state index in [2.05, 4.69) is 5.32 Å². The number of hydrogen-bond donors (Lipinski definition) is 1. The summed E-state index contributed by atoms with van der Waals surface area (Å²) in [6.45, 7) is 5.58. The molecule has 0 aromatic heterocycles. The third-order valence-corrected chi connectivity index (χ3v) is 5.91. The van der Waals surface area contributed by atoms with Crippen molar-refractivity contribution in [2.45, 2.75) is 26.8 Å². The minimum absolute atomic E-state index is 0.122. The van der Waals surface area contributed by atoms with Crippen LogP contribution in [0, 0.1) is 13.8 Å². The molecule has 2 amide bonds. The molecule has 0 radical (unpaired) electrons. The van der Waals surface area contributed by atoms with E-state index in [0.717, 1.165) is 27.9 Å². The van der Waals surface area contributed by atoms with E-state index in [1.54, 1.807) is 25.1 Å². The lowest BCUT2D eigenvalue weighted by Gasteiger charge is -2.24. The van der Waals surface area contributed by atoms with E-state index in [0.29, 0.717) is 16.4 Å². The van der Waals surface area contributed by atoms with Gasteiger partial charge in [0, 0.05) is 21.8 Å². The molecule has 1 aliphatic heterocycles. The summed E-state index contributed by atoms with van der Waals surface area (Å²) in [6, 6.07) is 20.1. The maximum Gasteiger partial charge on any atom is 0.252 e. The molecule has 32 heavy (non-hydrogen) atoms. The zero-order chi connectivity index (χ0) is 22.8. The molecule has 1 aliphatic rings. The predicted molar refractivity (Wildman–Crippen MR) is 130 cm³/mol. The first-order chi connectivity index (χ1) is 15.3. The molecule has 162 valence electrons. The fraction of sp³-hybridized carbons (Fsp3) is 0.192. The zero-order valence-electron chi connectivity index (χ0n) is 18.2. The molecular weight excluding hydrogens is 422 g/mol. The van der Waals surface area contributed by atoms with Crippen molar-refractivity contribution >= 4 is 40.5 Å². The number of fused-ring (bicyclic) bond motifs is 1. The Bertz CT molecular complexity index is 1220. The molecule has 6 heteroatoms. The van der Waals surface area contributed by atoms with Gasteiger partial charge >= 0.3 is 0 Å². The van der Waals surface area contributed by atoms with Crippen LogP contribution < -0.4 is 10.2 Å². The summed E-state index contributed by atoms with van der Waals surface area (Å²) < 4.78 is 0. The van der Waals surface area contributed by atoms with E-state index >= 15 is 0 Å². The predicted octanol–water partition coefficient (Wildman–Crippen LogP) is 5.17. The number of carbonyl (C=O) groups excluding carboxylic acids is 2. The highest BCUT2D eigenvalue weighted by Gasteiger charge is 2.31. The number of benzene rings is 3. The van der Waals surface area contributed by atoms with Gasteiger partial charge in [0.05, 0.1) is 11.4 Å². The van der Waals surface area contributed by atoms with Crippen molar-refractivity contribution in [3.8, 4) is 0 Å². The highest BCUT2D eigenvalue weighted by atomic mass is 35.5. The van der Waals surface area contributed by atoms with Crippen LogP contribution in [0.15, 0.2) is 71.7 Å². The quantitative estimate of drug-likeness (QED) is 0.602. The van der Waals surface area contributed by atoms with Gasteiger partial charge in [-0.25, -0.2) is 0 Å². The molecule has 3 aromatic rings.